The van der Waals surface area contributed by atoms with E-state index in [-0.39, 0.29) is 0 Å². The highest BCUT2D eigenvalue weighted by Crippen LogP contribution is 2.13. The average Bonchev–Trinajstić information content (AvgIpc) is 2.42. The number of likely N-dealkylation sites (N-methyl/N-ethyl adjacent to an activating group) is 1. The summed E-state index contributed by atoms with van der Waals surface area (Å²) >= 11 is 0. The molecule has 1 aliphatic heterocycles. The van der Waals surface area contributed by atoms with Gasteiger partial charge in [0.15, 0.2) is 0 Å². The van der Waals surface area contributed by atoms with E-state index >= 15 is 0 Å². The molecular weight excluding hydrogens is 138 g/mol. The zero-order valence-electron chi connectivity index (χ0n) is 8.26. The number of hydrogen-bond donors (Lipinski definition) is 0. The van der Waals surface area contributed by atoms with Gasteiger partial charge < -0.3 is 9.64 Å². The second-order valence-electron chi connectivity index (χ2n) is 2.73. The van der Waals surface area contributed by atoms with Crippen LogP contribution in [0.5, 0.6) is 0 Å². The summed E-state index contributed by atoms with van der Waals surface area (Å²) in [5.74, 6) is 0. The van der Waals surface area contributed by atoms with Crippen LogP contribution < -0.4 is 0 Å². The van der Waals surface area contributed by atoms with E-state index in [2.05, 4.69) is 11.9 Å². The van der Waals surface area contributed by atoms with Crippen LogP contribution in [0, 0.1) is 0 Å². The van der Waals surface area contributed by atoms with E-state index in [1.807, 2.05) is 13.8 Å². The van der Waals surface area contributed by atoms with Gasteiger partial charge in [0.25, 0.3) is 0 Å². The van der Waals surface area contributed by atoms with Gasteiger partial charge in [-0.1, -0.05) is 13.8 Å². The van der Waals surface area contributed by atoms with E-state index in [1.54, 1.807) is 7.11 Å². The molecule has 0 aliphatic carbocycles. The molecule has 1 heterocycles. The zero-order chi connectivity index (χ0) is 8.69. The third kappa shape index (κ3) is 3.73. The summed E-state index contributed by atoms with van der Waals surface area (Å²) in [5, 5.41) is 0. The summed E-state index contributed by atoms with van der Waals surface area (Å²) in [6, 6.07) is 0.690. The van der Waals surface area contributed by atoms with E-state index in [9.17, 15) is 0 Å². The Bertz CT molecular complexity index is 85.6. The van der Waals surface area contributed by atoms with Gasteiger partial charge in [-0.05, 0) is 26.4 Å². The fourth-order valence-electron chi connectivity index (χ4n) is 1.38. The van der Waals surface area contributed by atoms with Crippen LogP contribution in [-0.2, 0) is 4.74 Å². The number of nitrogens with zero attached hydrogens (tertiary/aromatic N) is 1. The van der Waals surface area contributed by atoms with E-state index in [0.29, 0.717) is 6.04 Å². The third-order valence-electron chi connectivity index (χ3n) is 2.03. The molecule has 1 unspecified atom stereocenters. The van der Waals surface area contributed by atoms with Crippen LogP contribution in [0.15, 0.2) is 0 Å². The molecule has 0 bridgehead atoms. The minimum atomic E-state index is 0.690. The van der Waals surface area contributed by atoms with E-state index in [4.69, 9.17) is 4.74 Å². The Morgan fingerprint density at radius 1 is 1.45 bits per heavy atom. The molecule has 0 spiro atoms. The summed E-state index contributed by atoms with van der Waals surface area (Å²) in [5.41, 5.74) is 0. The first-order valence-corrected chi connectivity index (χ1v) is 4.54. The highest BCUT2D eigenvalue weighted by Gasteiger charge is 2.19. The van der Waals surface area contributed by atoms with Crippen molar-refractivity contribution in [1.82, 2.24) is 4.90 Å². The van der Waals surface area contributed by atoms with Gasteiger partial charge >= 0.3 is 0 Å². The standard InChI is InChI=1S/C7H15NO.C2H6/c1-8-5-3-4-7(8)6-9-2;1-2/h7H,3-6H2,1-2H3;1-2H3. The average molecular weight is 159 g/mol. The number of rotatable bonds is 2. The van der Waals surface area contributed by atoms with Gasteiger partial charge in [0.2, 0.25) is 0 Å². The lowest BCUT2D eigenvalue weighted by molar-refractivity contribution is 0.129. The lowest BCUT2D eigenvalue weighted by Gasteiger charge is -2.17. The minimum Gasteiger partial charge on any atom is -0.383 e. The first-order valence-electron chi connectivity index (χ1n) is 4.54. The van der Waals surface area contributed by atoms with Crippen molar-refractivity contribution in [2.45, 2.75) is 32.7 Å². The van der Waals surface area contributed by atoms with E-state index in [1.165, 1.54) is 19.4 Å². The summed E-state index contributed by atoms with van der Waals surface area (Å²) in [6.07, 6.45) is 2.65. The Labute approximate surface area is 70.5 Å². The van der Waals surface area contributed by atoms with Crippen LogP contribution >= 0.6 is 0 Å². The molecule has 0 aromatic heterocycles. The normalized spacial score (nSPS) is 24.5. The molecule has 1 atom stereocenters. The van der Waals surface area contributed by atoms with Crippen LogP contribution in [0.2, 0.25) is 0 Å². The van der Waals surface area contributed by atoms with Gasteiger partial charge in [-0.15, -0.1) is 0 Å². The van der Waals surface area contributed by atoms with Crippen molar-refractivity contribution in [2.75, 3.05) is 27.3 Å². The van der Waals surface area contributed by atoms with Crippen molar-refractivity contribution in [3.63, 3.8) is 0 Å². The Kier molecular flexibility index (Phi) is 6.57. The molecule has 68 valence electrons. The van der Waals surface area contributed by atoms with Crippen LogP contribution in [0.1, 0.15) is 26.7 Å². The summed E-state index contributed by atoms with van der Waals surface area (Å²) in [7, 11) is 3.93. The Morgan fingerprint density at radius 3 is 2.45 bits per heavy atom. The zero-order valence-corrected chi connectivity index (χ0v) is 8.26. The molecule has 2 nitrogen and oxygen atoms in total. The molecule has 0 saturated carbocycles. The van der Waals surface area contributed by atoms with Crippen molar-refractivity contribution in [2.24, 2.45) is 0 Å². The highest BCUT2D eigenvalue weighted by molar-refractivity contribution is 4.75. The second kappa shape index (κ2) is 6.62. The third-order valence-corrected chi connectivity index (χ3v) is 2.03. The quantitative estimate of drug-likeness (QED) is 0.608. The van der Waals surface area contributed by atoms with Crippen LogP contribution in [0.4, 0.5) is 0 Å². The number of methoxy groups -OCH3 is 1. The molecule has 0 N–H and O–H groups in total. The molecule has 1 aliphatic rings. The lowest BCUT2D eigenvalue weighted by atomic mass is 10.2. The second-order valence-corrected chi connectivity index (χ2v) is 2.73. The first-order chi connectivity index (χ1) is 5.34. The van der Waals surface area contributed by atoms with Crippen molar-refractivity contribution < 1.29 is 4.74 Å². The molecule has 1 fully saturated rings. The van der Waals surface area contributed by atoms with Crippen molar-refractivity contribution in [3.8, 4) is 0 Å². The van der Waals surface area contributed by atoms with Gasteiger partial charge in [0.1, 0.15) is 0 Å². The maximum absolute atomic E-state index is 5.05. The van der Waals surface area contributed by atoms with Crippen molar-refractivity contribution >= 4 is 0 Å². The van der Waals surface area contributed by atoms with Gasteiger partial charge in [-0.3, -0.25) is 0 Å². The van der Waals surface area contributed by atoms with Gasteiger partial charge in [0.05, 0.1) is 6.61 Å². The monoisotopic (exact) mass is 159 g/mol. The molecule has 1 saturated heterocycles. The maximum atomic E-state index is 5.05. The molecule has 1 rings (SSSR count). The minimum absolute atomic E-state index is 0.690. The topological polar surface area (TPSA) is 12.5 Å². The lowest BCUT2D eigenvalue weighted by Crippen LogP contribution is -2.28. The van der Waals surface area contributed by atoms with Crippen LogP contribution in [-0.4, -0.2) is 38.3 Å². The fourth-order valence-corrected chi connectivity index (χ4v) is 1.38. The number of ether oxygens (including phenoxy) is 1. The molecule has 0 aromatic rings. The predicted molar refractivity (Wildman–Crippen MR) is 48.9 cm³/mol. The fraction of sp³-hybridized carbons (Fsp3) is 1.00. The molecule has 0 radical (unpaired) electrons. The summed E-state index contributed by atoms with van der Waals surface area (Å²) in [4.78, 5) is 2.36. The molecule has 2 heteroatoms. The van der Waals surface area contributed by atoms with Gasteiger partial charge in [-0.2, -0.15) is 0 Å². The SMILES string of the molecule is CC.COCC1CCCN1C. The van der Waals surface area contributed by atoms with Crippen LogP contribution in [0.25, 0.3) is 0 Å². The van der Waals surface area contributed by atoms with E-state index in [0.717, 1.165) is 6.61 Å². The predicted octanol–water partition coefficient (Wildman–Crippen LogP) is 1.75. The maximum Gasteiger partial charge on any atom is 0.0617 e. The Balaban J connectivity index is 0.000000461. The van der Waals surface area contributed by atoms with Gasteiger partial charge in [-0.25, -0.2) is 0 Å². The highest BCUT2D eigenvalue weighted by atomic mass is 16.5. The molecule has 11 heavy (non-hydrogen) atoms. The van der Waals surface area contributed by atoms with Crippen molar-refractivity contribution in [1.29, 1.82) is 0 Å². The first kappa shape index (κ1) is 10.9. The molecule has 0 aromatic carbocycles. The van der Waals surface area contributed by atoms with E-state index < -0.39 is 0 Å². The largest absolute Gasteiger partial charge is 0.383 e. The number of hydrogen-bond acceptors (Lipinski definition) is 2. The molecular formula is C9H21NO. The summed E-state index contributed by atoms with van der Waals surface area (Å²) in [6.45, 7) is 6.14. The van der Waals surface area contributed by atoms with Gasteiger partial charge in [0, 0.05) is 13.2 Å². The van der Waals surface area contributed by atoms with Crippen molar-refractivity contribution in [3.05, 3.63) is 0 Å². The Hall–Kier alpha value is -0.0800. The number of likely N-dealkylation sites (tertiary alicyclic amines) is 1. The molecule has 0 amide bonds. The smallest absolute Gasteiger partial charge is 0.0617 e. The summed E-state index contributed by atoms with van der Waals surface area (Å²) < 4.78 is 5.05. The van der Waals surface area contributed by atoms with Crippen LogP contribution in [0.3, 0.4) is 0 Å². The Morgan fingerprint density at radius 2 is 2.09 bits per heavy atom.